The van der Waals surface area contributed by atoms with Crippen LogP contribution in [0.3, 0.4) is 0 Å². The molecule has 0 unspecified atom stereocenters. The van der Waals surface area contributed by atoms with E-state index in [0.29, 0.717) is 5.56 Å². The van der Waals surface area contributed by atoms with Gasteiger partial charge in [0.05, 0.1) is 28.6 Å². The van der Waals surface area contributed by atoms with E-state index < -0.39 is 51.8 Å². The van der Waals surface area contributed by atoms with Gasteiger partial charge in [0, 0.05) is 23.3 Å². The number of nitrogens with zero attached hydrogens (tertiary/aromatic N) is 2. The third-order valence-corrected chi connectivity index (χ3v) is 6.95. The van der Waals surface area contributed by atoms with Gasteiger partial charge in [0.2, 0.25) is 29.0 Å². The summed E-state index contributed by atoms with van der Waals surface area (Å²) in [6.07, 6.45) is -1.04. The molecule has 2 saturated heterocycles. The average molecular weight is 468 g/mol. The smallest absolute Gasteiger partial charge is 0.271 e. The van der Waals surface area contributed by atoms with Crippen LogP contribution < -0.4 is 4.90 Å². The monoisotopic (exact) mass is 468 g/mol. The lowest BCUT2D eigenvalue weighted by Gasteiger charge is -2.27. The standard InChI is InChI=1S/C26H16N2O7/c29-22-17-11-4-5-12-18(17)23(30)26(22)20-19(21(35-26)14-7-2-1-3-8-14)24(31)27(25(20)32)15-9-6-10-16(13-15)28(33)34/h1-13,19-21H/t19-,20-,21-/m1/s1. The first-order chi connectivity index (χ1) is 16.9. The Morgan fingerprint density at radius 2 is 1.43 bits per heavy atom. The summed E-state index contributed by atoms with van der Waals surface area (Å²) in [7, 11) is 0. The average Bonchev–Trinajstić information content (AvgIpc) is 3.44. The molecule has 2 heterocycles. The van der Waals surface area contributed by atoms with Crippen LogP contribution in [0.1, 0.15) is 32.4 Å². The van der Waals surface area contributed by atoms with E-state index in [1.165, 1.54) is 30.3 Å². The van der Waals surface area contributed by atoms with Crippen LogP contribution in [0.4, 0.5) is 11.4 Å². The molecule has 0 N–H and O–H groups in total. The van der Waals surface area contributed by atoms with Crippen LogP contribution in [0.15, 0.2) is 78.9 Å². The molecule has 2 aliphatic heterocycles. The minimum Gasteiger partial charge on any atom is -0.349 e. The number of amides is 2. The second kappa shape index (κ2) is 7.25. The zero-order valence-corrected chi connectivity index (χ0v) is 18.0. The number of Topliss-reactive ketones (excluding diaryl/α,β-unsaturated/α-hetero) is 2. The molecule has 0 aromatic heterocycles. The predicted molar refractivity (Wildman–Crippen MR) is 121 cm³/mol. The van der Waals surface area contributed by atoms with Gasteiger partial charge in [-0.2, -0.15) is 0 Å². The van der Waals surface area contributed by atoms with E-state index in [4.69, 9.17) is 4.74 Å². The summed E-state index contributed by atoms with van der Waals surface area (Å²) in [4.78, 5) is 66.4. The Kier molecular flexibility index (Phi) is 4.36. The third kappa shape index (κ3) is 2.66. The number of non-ortho nitro benzene ring substituents is 1. The first-order valence-electron chi connectivity index (χ1n) is 10.9. The molecule has 3 aromatic carbocycles. The fourth-order valence-corrected chi connectivity index (χ4v) is 5.46. The lowest BCUT2D eigenvalue weighted by molar-refractivity contribution is -0.384. The van der Waals surface area contributed by atoms with E-state index in [-0.39, 0.29) is 22.5 Å². The third-order valence-electron chi connectivity index (χ3n) is 6.95. The Bertz CT molecular complexity index is 1430. The zero-order chi connectivity index (χ0) is 24.5. The maximum absolute atomic E-state index is 13.8. The number of rotatable bonds is 3. The largest absolute Gasteiger partial charge is 0.349 e. The molecule has 2 fully saturated rings. The zero-order valence-electron chi connectivity index (χ0n) is 18.0. The molecule has 1 spiro atoms. The van der Waals surface area contributed by atoms with Gasteiger partial charge in [0.25, 0.3) is 5.69 Å². The van der Waals surface area contributed by atoms with Gasteiger partial charge in [-0.25, -0.2) is 4.90 Å². The minimum atomic E-state index is -2.18. The summed E-state index contributed by atoms with van der Waals surface area (Å²) < 4.78 is 6.18. The van der Waals surface area contributed by atoms with Crippen molar-refractivity contribution in [2.45, 2.75) is 11.7 Å². The second-order valence-electron chi connectivity index (χ2n) is 8.68. The first kappa shape index (κ1) is 21.1. The first-order valence-corrected chi connectivity index (χ1v) is 10.9. The van der Waals surface area contributed by atoms with Gasteiger partial charge in [-0.05, 0) is 11.6 Å². The SMILES string of the molecule is O=C1[C@H]2[C@@H](c3ccccc3)OC3(C(=O)c4ccccc4C3=O)[C@H]2C(=O)N1c1cccc([N+](=O)[O-])c1. The molecule has 6 rings (SSSR count). The minimum absolute atomic E-state index is 0.000899. The molecule has 0 radical (unpaired) electrons. The van der Waals surface area contributed by atoms with E-state index >= 15 is 0 Å². The van der Waals surface area contributed by atoms with Gasteiger partial charge >= 0.3 is 0 Å². The molecule has 3 aromatic rings. The number of nitro groups is 1. The summed E-state index contributed by atoms with van der Waals surface area (Å²) in [5.41, 5.74) is -1.67. The van der Waals surface area contributed by atoms with Crippen LogP contribution in [0.5, 0.6) is 0 Å². The Labute approximate surface area is 198 Å². The second-order valence-corrected chi connectivity index (χ2v) is 8.68. The Morgan fingerprint density at radius 1 is 0.800 bits per heavy atom. The number of fused-ring (bicyclic) bond motifs is 3. The number of ketones is 2. The summed E-state index contributed by atoms with van der Waals surface area (Å²) in [6.45, 7) is 0. The van der Waals surface area contributed by atoms with Crippen molar-refractivity contribution in [3.63, 3.8) is 0 Å². The maximum Gasteiger partial charge on any atom is 0.271 e. The van der Waals surface area contributed by atoms with Crippen molar-refractivity contribution in [3.05, 3.63) is 106 Å². The van der Waals surface area contributed by atoms with Crippen molar-refractivity contribution >= 4 is 34.8 Å². The van der Waals surface area contributed by atoms with Crippen LogP contribution in [0.25, 0.3) is 0 Å². The van der Waals surface area contributed by atoms with Crippen molar-refractivity contribution in [3.8, 4) is 0 Å². The predicted octanol–water partition coefficient (Wildman–Crippen LogP) is 3.29. The van der Waals surface area contributed by atoms with E-state index in [1.54, 1.807) is 42.5 Å². The Hall–Kier alpha value is -4.50. The molecule has 3 aliphatic rings. The quantitative estimate of drug-likeness (QED) is 0.250. The molecule has 0 saturated carbocycles. The van der Waals surface area contributed by atoms with E-state index in [0.717, 1.165) is 11.0 Å². The topological polar surface area (TPSA) is 124 Å². The summed E-state index contributed by atoms with van der Waals surface area (Å²) in [5.74, 6) is -5.36. The maximum atomic E-state index is 13.8. The molecule has 2 amide bonds. The number of hydrogen-bond acceptors (Lipinski definition) is 7. The van der Waals surface area contributed by atoms with E-state index in [9.17, 15) is 29.3 Å². The van der Waals surface area contributed by atoms with Gasteiger partial charge in [-0.1, -0.05) is 60.7 Å². The van der Waals surface area contributed by atoms with Crippen molar-refractivity contribution in [2.75, 3.05) is 4.90 Å². The molecular formula is C26H16N2O7. The summed E-state index contributed by atoms with van der Waals surface area (Å²) >= 11 is 0. The number of imide groups is 1. The van der Waals surface area contributed by atoms with Crippen LogP contribution in [0, 0.1) is 22.0 Å². The molecule has 0 bridgehead atoms. The fraction of sp³-hybridized carbons (Fsp3) is 0.154. The normalized spacial score (nSPS) is 24.2. The molecule has 35 heavy (non-hydrogen) atoms. The molecule has 172 valence electrons. The number of ether oxygens (including phenoxy) is 1. The Morgan fingerprint density at radius 3 is 2.06 bits per heavy atom. The number of carbonyl (C=O) groups excluding carboxylic acids is 4. The molecule has 9 heteroatoms. The van der Waals surface area contributed by atoms with Crippen molar-refractivity contribution in [1.29, 1.82) is 0 Å². The van der Waals surface area contributed by atoms with E-state index in [1.807, 2.05) is 0 Å². The van der Waals surface area contributed by atoms with Gasteiger partial charge in [0.1, 0.15) is 0 Å². The lowest BCUT2D eigenvalue weighted by Crippen LogP contribution is -2.51. The highest BCUT2D eigenvalue weighted by molar-refractivity contribution is 6.37. The van der Waals surface area contributed by atoms with Crippen molar-refractivity contribution in [1.82, 2.24) is 0 Å². The van der Waals surface area contributed by atoms with Gasteiger partial charge < -0.3 is 4.74 Å². The lowest BCUT2D eigenvalue weighted by atomic mass is 9.77. The molecule has 9 nitrogen and oxygen atoms in total. The summed E-state index contributed by atoms with van der Waals surface area (Å²) in [5, 5.41) is 11.3. The van der Waals surface area contributed by atoms with Crippen LogP contribution in [-0.4, -0.2) is 33.9 Å². The fourth-order valence-electron chi connectivity index (χ4n) is 5.46. The van der Waals surface area contributed by atoms with E-state index in [2.05, 4.69) is 0 Å². The number of hydrogen-bond donors (Lipinski definition) is 0. The Balaban J connectivity index is 1.54. The number of nitro benzene ring substituents is 1. The highest BCUT2D eigenvalue weighted by Crippen LogP contribution is 2.57. The summed E-state index contributed by atoms with van der Waals surface area (Å²) in [6, 6.07) is 20.0. The highest BCUT2D eigenvalue weighted by atomic mass is 16.6. The molecule has 3 atom stereocenters. The van der Waals surface area contributed by atoms with Crippen molar-refractivity contribution in [2.24, 2.45) is 11.8 Å². The number of carbonyl (C=O) groups is 4. The number of benzene rings is 3. The van der Waals surface area contributed by atoms with Gasteiger partial charge in [-0.3, -0.25) is 29.3 Å². The van der Waals surface area contributed by atoms with Crippen LogP contribution in [0.2, 0.25) is 0 Å². The van der Waals surface area contributed by atoms with Crippen LogP contribution >= 0.6 is 0 Å². The number of anilines is 1. The van der Waals surface area contributed by atoms with Crippen LogP contribution in [-0.2, 0) is 14.3 Å². The van der Waals surface area contributed by atoms with Gasteiger partial charge in [-0.15, -0.1) is 0 Å². The molecule has 1 aliphatic carbocycles. The molecular weight excluding hydrogens is 452 g/mol. The van der Waals surface area contributed by atoms with Gasteiger partial charge in [0.15, 0.2) is 0 Å². The van der Waals surface area contributed by atoms with Crippen molar-refractivity contribution < 1.29 is 28.8 Å². The highest BCUT2D eigenvalue weighted by Gasteiger charge is 2.74.